The van der Waals surface area contributed by atoms with E-state index in [-0.39, 0.29) is 17.9 Å². The summed E-state index contributed by atoms with van der Waals surface area (Å²) < 4.78 is 0. The summed E-state index contributed by atoms with van der Waals surface area (Å²) in [5.41, 5.74) is 1.75. The van der Waals surface area contributed by atoms with Crippen molar-refractivity contribution in [3.63, 3.8) is 0 Å². The van der Waals surface area contributed by atoms with Crippen molar-refractivity contribution in [1.82, 2.24) is 9.80 Å². The van der Waals surface area contributed by atoms with Crippen LogP contribution in [0.5, 0.6) is 0 Å². The van der Waals surface area contributed by atoms with Gasteiger partial charge in [0.05, 0.1) is 5.88 Å². The molecule has 0 N–H and O–H groups in total. The fourth-order valence-electron chi connectivity index (χ4n) is 3.64. The molecule has 146 valence electrons. The van der Waals surface area contributed by atoms with E-state index in [1.165, 1.54) is 0 Å². The van der Waals surface area contributed by atoms with E-state index in [1.807, 2.05) is 47.4 Å². The maximum absolute atomic E-state index is 13.1. The number of rotatable bonds is 3. The number of anilines is 1. The minimum atomic E-state index is -0.375. The molecule has 7 heteroatoms. The molecule has 5 nitrogen and oxygen atoms in total. The Morgan fingerprint density at radius 3 is 2.29 bits per heavy atom. The first kappa shape index (κ1) is 19.2. The molecule has 0 aromatic heterocycles. The standard InChI is InChI=1S/C21H22ClN3O2S/c22-17-6-8-18(9-7-17)23-10-12-24(13-11-23)21(27)19-14-28-15-25(19)20(26)16-4-2-1-3-5-16/h1-9,19H,10-15H2/t19-/m0/s1. The molecule has 0 bridgehead atoms. The number of hydrogen-bond acceptors (Lipinski definition) is 4. The van der Waals surface area contributed by atoms with E-state index in [0.717, 1.165) is 23.8 Å². The summed E-state index contributed by atoms with van der Waals surface area (Å²) in [4.78, 5) is 31.8. The van der Waals surface area contributed by atoms with Gasteiger partial charge < -0.3 is 14.7 Å². The van der Waals surface area contributed by atoms with E-state index in [0.29, 0.717) is 30.3 Å². The van der Waals surface area contributed by atoms with Crippen LogP contribution in [0.1, 0.15) is 10.4 Å². The highest BCUT2D eigenvalue weighted by molar-refractivity contribution is 7.99. The number of carbonyl (C=O) groups is 2. The Morgan fingerprint density at radius 2 is 1.61 bits per heavy atom. The lowest BCUT2D eigenvalue weighted by Crippen LogP contribution is -2.55. The molecule has 2 aliphatic rings. The quantitative estimate of drug-likeness (QED) is 0.772. The topological polar surface area (TPSA) is 43.9 Å². The lowest BCUT2D eigenvalue weighted by Gasteiger charge is -2.38. The zero-order chi connectivity index (χ0) is 19.5. The summed E-state index contributed by atoms with van der Waals surface area (Å²) in [5.74, 6) is 1.22. The van der Waals surface area contributed by atoms with E-state index in [9.17, 15) is 9.59 Å². The lowest BCUT2D eigenvalue weighted by atomic mass is 10.1. The van der Waals surface area contributed by atoms with Crippen molar-refractivity contribution < 1.29 is 9.59 Å². The molecule has 2 heterocycles. The van der Waals surface area contributed by atoms with Gasteiger partial charge >= 0.3 is 0 Å². The zero-order valence-corrected chi connectivity index (χ0v) is 17.0. The maximum atomic E-state index is 13.1. The minimum absolute atomic E-state index is 0.0602. The highest BCUT2D eigenvalue weighted by Gasteiger charge is 2.38. The van der Waals surface area contributed by atoms with Crippen LogP contribution < -0.4 is 4.90 Å². The molecule has 4 rings (SSSR count). The van der Waals surface area contributed by atoms with Gasteiger partial charge in [-0.15, -0.1) is 11.8 Å². The van der Waals surface area contributed by atoms with E-state index in [1.54, 1.807) is 28.8 Å². The molecule has 0 aliphatic carbocycles. The zero-order valence-electron chi connectivity index (χ0n) is 15.5. The van der Waals surface area contributed by atoms with Gasteiger partial charge in [0.25, 0.3) is 5.91 Å². The van der Waals surface area contributed by atoms with Crippen LogP contribution in [-0.4, -0.2) is 65.5 Å². The highest BCUT2D eigenvalue weighted by atomic mass is 35.5. The van der Waals surface area contributed by atoms with Gasteiger partial charge in [-0.25, -0.2) is 0 Å². The Balaban J connectivity index is 1.39. The van der Waals surface area contributed by atoms with Gasteiger partial charge in [-0.05, 0) is 36.4 Å². The lowest BCUT2D eigenvalue weighted by molar-refractivity contribution is -0.135. The Hall–Kier alpha value is -2.18. The Kier molecular flexibility index (Phi) is 5.78. The minimum Gasteiger partial charge on any atom is -0.368 e. The monoisotopic (exact) mass is 415 g/mol. The Morgan fingerprint density at radius 1 is 0.929 bits per heavy atom. The highest BCUT2D eigenvalue weighted by Crippen LogP contribution is 2.26. The molecule has 0 spiro atoms. The van der Waals surface area contributed by atoms with E-state index >= 15 is 0 Å². The van der Waals surface area contributed by atoms with Crippen molar-refractivity contribution in [3.8, 4) is 0 Å². The number of thioether (sulfide) groups is 1. The number of benzene rings is 2. The van der Waals surface area contributed by atoms with Gasteiger partial charge in [-0.2, -0.15) is 0 Å². The van der Waals surface area contributed by atoms with Crippen LogP contribution in [0, 0.1) is 0 Å². The predicted octanol–water partition coefficient (Wildman–Crippen LogP) is 3.20. The van der Waals surface area contributed by atoms with Gasteiger partial charge in [0.2, 0.25) is 5.91 Å². The van der Waals surface area contributed by atoms with Crippen LogP contribution in [0.15, 0.2) is 54.6 Å². The van der Waals surface area contributed by atoms with Crippen LogP contribution in [0.2, 0.25) is 5.02 Å². The first-order valence-electron chi connectivity index (χ1n) is 9.36. The predicted molar refractivity (Wildman–Crippen MR) is 114 cm³/mol. The summed E-state index contributed by atoms with van der Waals surface area (Å²) in [5, 5.41) is 0.722. The van der Waals surface area contributed by atoms with Crippen LogP contribution in [0.25, 0.3) is 0 Å². The molecule has 2 aromatic carbocycles. The van der Waals surface area contributed by atoms with E-state index in [2.05, 4.69) is 4.90 Å². The molecule has 0 unspecified atom stereocenters. The van der Waals surface area contributed by atoms with Crippen LogP contribution >= 0.6 is 23.4 Å². The third-order valence-corrected chi connectivity index (χ3v) is 6.50. The number of nitrogens with zero attached hydrogens (tertiary/aromatic N) is 3. The van der Waals surface area contributed by atoms with Gasteiger partial charge in [0, 0.05) is 48.2 Å². The molecule has 28 heavy (non-hydrogen) atoms. The number of amides is 2. The number of halogens is 1. The third kappa shape index (κ3) is 3.98. The molecular formula is C21H22ClN3O2S. The van der Waals surface area contributed by atoms with Crippen LogP contribution in [0.3, 0.4) is 0 Å². The van der Waals surface area contributed by atoms with Gasteiger partial charge in [-0.1, -0.05) is 29.8 Å². The largest absolute Gasteiger partial charge is 0.368 e. The number of hydrogen-bond donors (Lipinski definition) is 0. The molecule has 2 saturated heterocycles. The van der Waals surface area contributed by atoms with Crippen molar-refractivity contribution in [2.75, 3.05) is 42.7 Å². The van der Waals surface area contributed by atoms with Crippen LogP contribution in [-0.2, 0) is 4.79 Å². The fraction of sp³-hybridized carbons (Fsp3) is 0.333. The molecule has 2 fully saturated rings. The summed E-state index contributed by atoms with van der Waals surface area (Å²) in [7, 11) is 0. The van der Waals surface area contributed by atoms with Crippen molar-refractivity contribution in [3.05, 3.63) is 65.2 Å². The molecule has 1 atom stereocenters. The Labute approximate surface area is 174 Å². The first-order valence-corrected chi connectivity index (χ1v) is 10.9. The molecular weight excluding hydrogens is 394 g/mol. The van der Waals surface area contributed by atoms with Crippen LogP contribution in [0.4, 0.5) is 5.69 Å². The normalized spacial score (nSPS) is 19.8. The van der Waals surface area contributed by atoms with E-state index < -0.39 is 0 Å². The molecule has 0 saturated carbocycles. The third-order valence-electron chi connectivity index (χ3n) is 5.23. The summed E-state index contributed by atoms with van der Waals surface area (Å²) in [6.45, 7) is 2.88. The average Bonchev–Trinajstić information content (AvgIpc) is 3.24. The number of carbonyl (C=O) groups excluding carboxylic acids is 2. The van der Waals surface area contributed by atoms with Gasteiger partial charge in [0.1, 0.15) is 6.04 Å². The second-order valence-corrected chi connectivity index (χ2v) is 8.38. The van der Waals surface area contributed by atoms with Crippen molar-refractivity contribution >= 4 is 40.9 Å². The van der Waals surface area contributed by atoms with Gasteiger partial charge in [0.15, 0.2) is 0 Å². The molecule has 2 amide bonds. The maximum Gasteiger partial charge on any atom is 0.255 e. The number of piperazine rings is 1. The molecule has 2 aromatic rings. The molecule has 0 radical (unpaired) electrons. The second-order valence-electron chi connectivity index (χ2n) is 6.95. The molecule has 2 aliphatic heterocycles. The average molecular weight is 416 g/mol. The second kappa shape index (κ2) is 8.45. The summed E-state index contributed by atoms with van der Waals surface area (Å²) in [6, 6.07) is 16.6. The first-order chi connectivity index (χ1) is 13.6. The Bertz CT molecular complexity index is 838. The van der Waals surface area contributed by atoms with Gasteiger partial charge in [-0.3, -0.25) is 9.59 Å². The van der Waals surface area contributed by atoms with Crippen molar-refractivity contribution in [1.29, 1.82) is 0 Å². The SMILES string of the molecule is O=C([C@@H]1CSCN1C(=O)c1ccccc1)N1CCN(c2ccc(Cl)cc2)CC1. The summed E-state index contributed by atoms with van der Waals surface area (Å²) in [6.07, 6.45) is 0. The van der Waals surface area contributed by atoms with Crippen molar-refractivity contribution in [2.24, 2.45) is 0 Å². The fourth-order valence-corrected chi connectivity index (χ4v) is 4.91. The summed E-state index contributed by atoms with van der Waals surface area (Å²) >= 11 is 7.60. The van der Waals surface area contributed by atoms with E-state index in [4.69, 9.17) is 11.6 Å². The smallest absolute Gasteiger partial charge is 0.255 e. The van der Waals surface area contributed by atoms with Crippen molar-refractivity contribution in [2.45, 2.75) is 6.04 Å².